The molecule has 0 saturated heterocycles. The Hall–Kier alpha value is -1.60. The van der Waals surface area contributed by atoms with Crippen molar-refractivity contribution >= 4 is 16.0 Å². The molecule has 0 radical (unpaired) electrons. The van der Waals surface area contributed by atoms with Crippen molar-refractivity contribution in [1.29, 1.82) is 0 Å². The highest BCUT2D eigenvalue weighted by atomic mass is 32.2. The third-order valence-electron chi connectivity index (χ3n) is 2.91. The summed E-state index contributed by atoms with van der Waals surface area (Å²) in [6, 6.07) is 5.45. The predicted octanol–water partition coefficient (Wildman–Crippen LogP) is 0.0797. The Balaban J connectivity index is 2.05. The minimum Gasteiger partial charge on any atom is -0.352 e. The minimum absolute atomic E-state index is 0.168. The fraction of sp³-hybridized carbons (Fsp3) is 0.417. The molecule has 1 aromatic carbocycles. The largest absolute Gasteiger partial charge is 0.352 e. The summed E-state index contributed by atoms with van der Waals surface area (Å²) < 4.78 is 22.6. The molecule has 0 spiro atoms. The van der Waals surface area contributed by atoms with Crippen molar-refractivity contribution in [3.05, 3.63) is 29.3 Å². The monoisotopic (exact) mass is 282 g/mol. The number of nitrogens with two attached hydrogens (primary N) is 1. The van der Waals surface area contributed by atoms with E-state index in [9.17, 15) is 8.42 Å². The van der Waals surface area contributed by atoms with E-state index in [1.54, 1.807) is 13.0 Å². The van der Waals surface area contributed by atoms with E-state index in [4.69, 9.17) is 5.14 Å². The molecule has 0 amide bonds. The van der Waals surface area contributed by atoms with Gasteiger partial charge in [0.25, 0.3) is 0 Å². The highest BCUT2D eigenvalue weighted by Crippen LogP contribution is 2.15. The van der Waals surface area contributed by atoms with Crippen LogP contribution in [0, 0.1) is 6.92 Å². The first-order valence-corrected chi connectivity index (χ1v) is 7.58. The smallest absolute Gasteiger partial charge is 0.238 e. The first kappa shape index (κ1) is 13.8. The van der Waals surface area contributed by atoms with Gasteiger partial charge in [-0.25, -0.2) is 13.6 Å². The Kier molecular flexibility index (Phi) is 3.77. The molecule has 1 aromatic rings. The van der Waals surface area contributed by atoms with Crippen LogP contribution in [0.15, 0.2) is 28.1 Å². The fourth-order valence-corrected chi connectivity index (χ4v) is 2.75. The van der Waals surface area contributed by atoms with E-state index >= 15 is 0 Å². The first-order chi connectivity index (χ1) is 8.86. The van der Waals surface area contributed by atoms with Crippen LogP contribution in [0.5, 0.6) is 0 Å². The van der Waals surface area contributed by atoms with Gasteiger partial charge in [-0.1, -0.05) is 12.1 Å². The summed E-state index contributed by atoms with van der Waals surface area (Å²) >= 11 is 0. The Bertz CT molecular complexity index is 610. The van der Waals surface area contributed by atoms with E-state index in [1.165, 1.54) is 6.07 Å². The molecule has 7 heteroatoms. The number of nitrogens with zero attached hydrogens (tertiary/aromatic N) is 1. The Morgan fingerprint density at radius 2 is 2.26 bits per heavy atom. The van der Waals surface area contributed by atoms with Crippen LogP contribution in [0.25, 0.3) is 0 Å². The second kappa shape index (κ2) is 5.18. The van der Waals surface area contributed by atoms with Crippen LogP contribution in [0.1, 0.15) is 18.1 Å². The van der Waals surface area contributed by atoms with Crippen molar-refractivity contribution in [2.24, 2.45) is 10.1 Å². The second-order valence-corrected chi connectivity index (χ2v) is 6.26. The molecule has 0 fully saturated rings. The number of aryl methyl sites for hydroxylation is 1. The molecular formula is C12H18N4O2S. The summed E-state index contributed by atoms with van der Waals surface area (Å²) in [5, 5.41) is 11.5. The number of guanidine groups is 1. The zero-order valence-corrected chi connectivity index (χ0v) is 11.8. The van der Waals surface area contributed by atoms with Gasteiger partial charge in [0, 0.05) is 12.6 Å². The SMILES string of the molecule is Cc1cc(CNC2=NCC(C)N2)ccc1S(N)(=O)=O. The van der Waals surface area contributed by atoms with Gasteiger partial charge < -0.3 is 10.6 Å². The standard InChI is InChI=1S/C12H18N4O2S/c1-8-5-10(3-4-11(8)19(13,17)18)7-15-12-14-6-9(2)16-12/h3-5,9H,6-7H2,1-2H3,(H2,13,17,18)(H2,14,15,16). The van der Waals surface area contributed by atoms with Crippen molar-refractivity contribution < 1.29 is 8.42 Å². The van der Waals surface area contributed by atoms with Crippen LogP contribution < -0.4 is 15.8 Å². The molecule has 1 atom stereocenters. The van der Waals surface area contributed by atoms with Crippen molar-refractivity contribution in [2.45, 2.75) is 31.3 Å². The summed E-state index contributed by atoms with van der Waals surface area (Å²) in [5.41, 5.74) is 1.63. The third-order valence-corrected chi connectivity index (χ3v) is 3.98. The predicted molar refractivity (Wildman–Crippen MR) is 74.3 cm³/mol. The summed E-state index contributed by atoms with van der Waals surface area (Å²) in [6.45, 7) is 5.15. The Morgan fingerprint density at radius 3 is 2.79 bits per heavy atom. The van der Waals surface area contributed by atoms with Crippen molar-refractivity contribution in [3.8, 4) is 0 Å². The first-order valence-electron chi connectivity index (χ1n) is 6.03. The van der Waals surface area contributed by atoms with Crippen LogP contribution in [-0.4, -0.2) is 27.0 Å². The van der Waals surface area contributed by atoms with Gasteiger partial charge in [-0.3, -0.25) is 4.99 Å². The number of benzene rings is 1. The number of primary sulfonamides is 1. The minimum atomic E-state index is -3.64. The molecule has 0 bridgehead atoms. The topological polar surface area (TPSA) is 96.6 Å². The number of aliphatic imine (C=N–C) groups is 1. The normalized spacial score (nSPS) is 18.9. The Labute approximate surface area is 113 Å². The molecular weight excluding hydrogens is 264 g/mol. The number of rotatable bonds is 3. The molecule has 1 aliphatic heterocycles. The van der Waals surface area contributed by atoms with Gasteiger partial charge >= 0.3 is 0 Å². The van der Waals surface area contributed by atoms with Gasteiger partial charge in [-0.15, -0.1) is 0 Å². The lowest BCUT2D eigenvalue weighted by molar-refractivity contribution is 0.597. The molecule has 0 aliphatic carbocycles. The van der Waals surface area contributed by atoms with Gasteiger partial charge in [-0.2, -0.15) is 0 Å². The van der Waals surface area contributed by atoms with Crippen LogP contribution in [0.2, 0.25) is 0 Å². The molecule has 104 valence electrons. The highest BCUT2D eigenvalue weighted by Gasteiger charge is 2.13. The summed E-state index contributed by atoms with van der Waals surface area (Å²) in [6.07, 6.45) is 0. The van der Waals surface area contributed by atoms with Crippen molar-refractivity contribution in [1.82, 2.24) is 10.6 Å². The molecule has 1 aliphatic rings. The third kappa shape index (κ3) is 3.45. The highest BCUT2D eigenvalue weighted by molar-refractivity contribution is 7.89. The van der Waals surface area contributed by atoms with Gasteiger partial charge in [0.1, 0.15) is 0 Å². The number of nitrogens with one attached hydrogen (secondary N) is 2. The second-order valence-electron chi connectivity index (χ2n) is 4.73. The van der Waals surface area contributed by atoms with Crippen LogP contribution >= 0.6 is 0 Å². The van der Waals surface area contributed by atoms with Gasteiger partial charge in [0.15, 0.2) is 5.96 Å². The molecule has 1 unspecified atom stereocenters. The Morgan fingerprint density at radius 1 is 1.53 bits per heavy atom. The molecule has 0 saturated carbocycles. The molecule has 1 heterocycles. The van der Waals surface area contributed by atoms with E-state index in [0.29, 0.717) is 18.2 Å². The van der Waals surface area contributed by atoms with E-state index in [1.807, 2.05) is 6.07 Å². The number of sulfonamides is 1. The maximum Gasteiger partial charge on any atom is 0.238 e. The summed E-state index contributed by atoms with van der Waals surface area (Å²) in [5.74, 6) is 0.778. The van der Waals surface area contributed by atoms with Crippen LogP contribution in [0.3, 0.4) is 0 Å². The summed E-state index contributed by atoms with van der Waals surface area (Å²) in [7, 11) is -3.64. The molecule has 2 rings (SSSR count). The van der Waals surface area contributed by atoms with Crippen LogP contribution in [0.4, 0.5) is 0 Å². The zero-order valence-electron chi connectivity index (χ0n) is 11.0. The van der Waals surface area contributed by atoms with E-state index in [-0.39, 0.29) is 4.90 Å². The quantitative estimate of drug-likeness (QED) is 0.731. The van der Waals surface area contributed by atoms with Crippen molar-refractivity contribution in [3.63, 3.8) is 0 Å². The zero-order chi connectivity index (χ0) is 14.0. The van der Waals surface area contributed by atoms with Crippen LogP contribution in [-0.2, 0) is 16.6 Å². The molecule has 0 aromatic heterocycles. The number of hydrogen-bond acceptors (Lipinski definition) is 5. The average molecular weight is 282 g/mol. The van der Waals surface area contributed by atoms with Gasteiger partial charge in [-0.05, 0) is 31.0 Å². The lowest BCUT2D eigenvalue weighted by Gasteiger charge is -2.10. The molecule has 19 heavy (non-hydrogen) atoms. The molecule has 6 nitrogen and oxygen atoms in total. The lowest BCUT2D eigenvalue weighted by atomic mass is 10.1. The van der Waals surface area contributed by atoms with E-state index in [0.717, 1.165) is 18.1 Å². The lowest BCUT2D eigenvalue weighted by Crippen LogP contribution is -2.37. The van der Waals surface area contributed by atoms with E-state index < -0.39 is 10.0 Å². The van der Waals surface area contributed by atoms with Crippen molar-refractivity contribution in [2.75, 3.05) is 6.54 Å². The maximum atomic E-state index is 11.3. The molecule has 4 N–H and O–H groups in total. The summed E-state index contributed by atoms with van der Waals surface area (Å²) in [4.78, 5) is 4.46. The fourth-order valence-electron chi connectivity index (χ4n) is 1.99. The number of hydrogen-bond donors (Lipinski definition) is 3. The van der Waals surface area contributed by atoms with E-state index in [2.05, 4.69) is 22.5 Å². The average Bonchev–Trinajstić information content (AvgIpc) is 2.71. The maximum absolute atomic E-state index is 11.3. The van der Waals surface area contributed by atoms with Gasteiger partial charge in [0.05, 0.1) is 11.4 Å². The van der Waals surface area contributed by atoms with Gasteiger partial charge in [0.2, 0.25) is 10.0 Å².